The Labute approximate surface area is 125 Å². The fourth-order valence-electron chi connectivity index (χ4n) is 1.52. The number of esters is 1. The third kappa shape index (κ3) is 4.21. The molecule has 1 amide bonds. The average molecular weight is 346 g/mol. The Morgan fingerprint density at radius 1 is 1.30 bits per heavy atom. The van der Waals surface area contributed by atoms with Gasteiger partial charge in [-0.25, -0.2) is 4.79 Å². The molecular weight excluding hydrogens is 330 g/mol. The lowest BCUT2D eigenvalue weighted by molar-refractivity contribution is -0.144. The van der Waals surface area contributed by atoms with Crippen LogP contribution in [0.25, 0.3) is 0 Å². The zero-order valence-electron chi connectivity index (χ0n) is 11.4. The maximum absolute atomic E-state index is 12.1. The van der Waals surface area contributed by atoms with Crippen molar-refractivity contribution in [3.63, 3.8) is 0 Å². The summed E-state index contributed by atoms with van der Waals surface area (Å²) in [5.74, 6) is -0.452. The minimum Gasteiger partial charge on any atom is -0.496 e. The Balaban J connectivity index is 2.86. The first-order valence-electron chi connectivity index (χ1n) is 5.74. The van der Waals surface area contributed by atoms with Gasteiger partial charge < -0.3 is 19.5 Å². The van der Waals surface area contributed by atoms with Crippen LogP contribution in [0.5, 0.6) is 5.75 Å². The Kier molecular flexibility index (Phi) is 6.47. The fraction of sp³-hybridized carbons (Fsp3) is 0.385. The zero-order chi connectivity index (χ0) is 15.1. The Morgan fingerprint density at radius 2 is 2.00 bits per heavy atom. The normalized spacial score (nSPS) is 11.6. The van der Waals surface area contributed by atoms with Crippen LogP contribution in [0.3, 0.4) is 0 Å². The maximum Gasteiger partial charge on any atom is 0.330 e. The molecule has 0 aromatic heterocycles. The van der Waals surface area contributed by atoms with Crippen molar-refractivity contribution in [1.82, 2.24) is 5.32 Å². The highest BCUT2D eigenvalue weighted by Gasteiger charge is 2.22. The molecule has 1 atom stereocenters. The first-order valence-corrected chi connectivity index (χ1v) is 6.54. The van der Waals surface area contributed by atoms with Crippen molar-refractivity contribution in [1.29, 1.82) is 0 Å². The van der Waals surface area contributed by atoms with Crippen LogP contribution in [0.2, 0.25) is 0 Å². The van der Waals surface area contributed by atoms with Crippen molar-refractivity contribution in [3.05, 3.63) is 28.2 Å². The van der Waals surface area contributed by atoms with E-state index in [-0.39, 0.29) is 6.61 Å². The molecule has 1 rings (SSSR count). The summed E-state index contributed by atoms with van der Waals surface area (Å²) in [6.07, 6.45) is 0. The summed E-state index contributed by atoms with van der Waals surface area (Å²) < 4.78 is 15.3. The minimum atomic E-state index is -0.854. The Morgan fingerprint density at radius 3 is 2.55 bits per heavy atom. The predicted octanol–water partition coefficient (Wildman–Crippen LogP) is 1.38. The molecule has 1 unspecified atom stereocenters. The number of benzene rings is 1. The lowest BCUT2D eigenvalue weighted by Crippen LogP contribution is -2.44. The molecule has 0 aliphatic heterocycles. The van der Waals surface area contributed by atoms with E-state index < -0.39 is 17.9 Å². The first-order chi connectivity index (χ1) is 9.53. The van der Waals surface area contributed by atoms with Crippen LogP contribution < -0.4 is 10.1 Å². The Hall–Kier alpha value is -1.60. The molecule has 0 saturated heterocycles. The first kappa shape index (κ1) is 16.5. The number of halogens is 1. The van der Waals surface area contributed by atoms with Crippen molar-refractivity contribution in [2.24, 2.45) is 0 Å². The molecule has 0 radical (unpaired) electrons. The molecule has 1 N–H and O–H groups in total. The second-order valence-electron chi connectivity index (χ2n) is 3.85. The summed E-state index contributed by atoms with van der Waals surface area (Å²) >= 11 is 3.30. The molecule has 0 bridgehead atoms. The number of methoxy groups -OCH3 is 3. The number of carbonyl (C=O) groups is 2. The van der Waals surface area contributed by atoms with Crippen LogP contribution in [0.1, 0.15) is 10.4 Å². The van der Waals surface area contributed by atoms with Gasteiger partial charge in [0, 0.05) is 12.7 Å². The summed E-state index contributed by atoms with van der Waals surface area (Å²) in [6, 6.07) is 4.02. The molecule has 1 aromatic rings. The third-order valence-electron chi connectivity index (χ3n) is 2.54. The number of carbonyl (C=O) groups excluding carboxylic acids is 2. The highest BCUT2D eigenvalue weighted by molar-refractivity contribution is 9.10. The van der Waals surface area contributed by atoms with Crippen LogP contribution in [0.15, 0.2) is 22.7 Å². The predicted molar refractivity (Wildman–Crippen MR) is 75.8 cm³/mol. The molecular formula is C13H16BrNO5. The van der Waals surface area contributed by atoms with Gasteiger partial charge in [0.2, 0.25) is 0 Å². The van der Waals surface area contributed by atoms with Crippen LogP contribution in [-0.4, -0.2) is 45.9 Å². The number of nitrogens with one attached hydrogen (secondary N) is 1. The molecule has 0 spiro atoms. The number of hydrogen-bond acceptors (Lipinski definition) is 5. The standard InChI is InChI=1S/C13H16BrNO5/c1-18-7-10(13(17)20-3)15-12(16)8-4-5-9(14)11(6-8)19-2/h4-6,10H,7H2,1-3H3,(H,15,16). The van der Waals surface area contributed by atoms with E-state index in [4.69, 9.17) is 9.47 Å². The van der Waals surface area contributed by atoms with E-state index in [1.807, 2.05) is 0 Å². The third-order valence-corrected chi connectivity index (χ3v) is 3.19. The molecule has 0 saturated carbocycles. The van der Waals surface area contributed by atoms with E-state index in [2.05, 4.69) is 26.0 Å². The summed E-state index contributed by atoms with van der Waals surface area (Å²) in [6.45, 7) is 0.0338. The van der Waals surface area contributed by atoms with E-state index in [9.17, 15) is 9.59 Å². The average Bonchev–Trinajstić information content (AvgIpc) is 2.46. The van der Waals surface area contributed by atoms with E-state index in [0.717, 1.165) is 4.47 Å². The van der Waals surface area contributed by atoms with E-state index in [1.54, 1.807) is 18.2 Å². The second kappa shape index (κ2) is 7.86. The lowest BCUT2D eigenvalue weighted by atomic mass is 10.2. The van der Waals surface area contributed by atoms with Crippen molar-refractivity contribution in [3.8, 4) is 5.75 Å². The Bertz CT molecular complexity index is 492. The summed E-state index contributed by atoms with van der Waals surface area (Å²) in [5.41, 5.74) is 0.370. The maximum atomic E-state index is 12.1. The number of hydrogen-bond donors (Lipinski definition) is 1. The number of rotatable bonds is 6. The lowest BCUT2D eigenvalue weighted by Gasteiger charge is -2.16. The largest absolute Gasteiger partial charge is 0.496 e. The van der Waals surface area contributed by atoms with Gasteiger partial charge in [-0.05, 0) is 34.1 Å². The minimum absolute atomic E-state index is 0.0338. The highest BCUT2D eigenvalue weighted by Crippen LogP contribution is 2.25. The zero-order valence-corrected chi connectivity index (χ0v) is 13.0. The fourth-order valence-corrected chi connectivity index (χ4v) is 1.93. The van der Waals surface area contributed by atoms with Crippen LogP contribution >= 0.6 is 15.9 Å². The molecule has 20 heavy (non-hydrogen) atoms. The molecule has 0 aliphatic rings. The van der Waals surface area contributed by atoms with Crippen molar-refractivity contribution in [2.75, 3.05) is 27.9 Å². The van der Waals surface area contributed by atoms with Gasteiger partial charge in [0.1, 0.15) is 5.75 Å². The summed E-state index contributed by atoms with van der Waals surface area (Å²) in [5, 5.41) is 2.55. The molecule has 0 fully saturated rings. The van der Waals surface area contributed by atoms with Gasteiger partial charge >= 0.3 is 5.97 Å². The van der Waals surface area contributed by atoms with Crippen molar-refractivity contribution in [2.45, 2.75) is 6.04 Å². The van der Waals surface area contributed by atoms with Gasteiger partial charge in [0.15, 0.2) is 6.04 Å². The monoisotopic (exact) mass is 345 g/mol. The molecule has 110 valence electrons. The highest BCUT2D eigenvalue weighted by atomic mass is 79.9. The van der Waals surface area contributed by atoms with Gasteiger partial charge in [-0.3, -0.25) is 4.79 Å². The van der Waals surface area contributed by atoms with Gasteiger partial charge in [0.25, 0.3) is 5.91 Å². The number of ether oxygens (including phenoxy) is 3. The van der Waals surface area contributed by atoms with Crippen LogP contribution in [0, 0.1) is 0 Å². The smallest absolute Gasteiger partial charge is 0.330 e. The molecule has 0 aliphatic carbocycles. The van der Waals surface area contributed by atoms with Crippen molar-refractivity contribution < 1.29 is 23.8 Å². The molecule has 6 nitrogen and oxygen atoms in total. The summed E-state index contributed by atoms with van der Waals surface area (Å²) in [7, 11) is 4.19. The van der Waals surface area contributed by atoms with Crippen LogP contribution in [-0.2, 0) is 14.3 Å². The topological polar surface area (TPSA) is 73.9 Å². The van der Waals surface area contributed by atoms with Gasteiger partial charge in [-0.15, -0.1) is 0 Å². The van der Waals surface area contributed by atoms with Crippen LogP contribution in [0.4, 0.5) is 0 Å². The second-order valence-corrected chi connectivity index (χ2v) is 4.71. The van der Waals surface area contributed by atoms with E-state index in [1.165, 1.54) is 21.3 Å². The SMILES string of the molecule is COCC(NC(=O)c1ccc(Br)c(OC)c1)C(=O)OC. The van der Waals surface area contributed by atoms with Gasteiger partial charge in [-0.1, -0.05) is 0 Å². The molecule has 1 aromatic carbocycles. The quantitative estimate of drug-likeness (QED) is 0.788. The molecule has 7 heteroatoms. The van der Waals surface area contributed by atoms with Gasteiger partial charge in [-0.2, -0.15) is 0 Å². The van der Waals surface area contributed by atoms with Crippen molar-refractivity contribution >= 4 is 27.8 Å². The molecule has 0 heterocycles. The van der Waals surface area contributed by atoms with E-state index in [0.29, 0.717) is 11.3 Å². The summed E-state index contributed by atoms with van der Waals surface area (Å²) in [4.78, 5) is 23.6. The number of amides is 1. The van der Waals surface area contributed by atoms with E-state index >= 15 is 0 Å². The van der Waals surface area contributed by atoms with Gasteiger partial charge in [0.05, 0.1) is 25.3 Å².